The Hall–Kier alpha value is -0.940. The van der Waals surface area contributed by atoms with E-state index in [0.717, 1.165) is 0 Å². The van der Waals surface area contributed by atoms with Crippen LogP contribution < -0.4 is 0 Å². The number of halogens is 1. The lowest BCUT2D eigenvalue weighted by molar-refractivity contribution is 0.483. The normalized spacial score (nSPS) is 9.92. The molecule has 0 bridgehead atoms. The van der Waals surface area contributed by atoms with Gasteiger partial charge in [-0.25, -0.2) is 0 Å². The molecule has 0 aromatic heterocycles. The lowest BCUT2D eigenvalue weighted by Crippen LogP contribution is -1.96. The number of hydrogen-bond donors (Lipinski definition) is 1. The fraction of sp³-hybridized carbons (Fsp3) is 0.143. The van der Waals surface area contributed by atoms with Crippen molar-refractivity contribution in [1.82, 2.24) is 0 Å². The van der Waals surface area contributed by atoms with Gasteiger partial charge in [0.15, 0.2) is 0 Å². The maximum Gasteiger partial charge on any atom is 0.294 e. The maximum absolute atomic E-state index is 10.4. The van der Waals surface area contributed by atoms with Gasteiger partial charge in [-0.1, -0.05) is 18.2 Å². The van der Waals surface area contributed by atoms with Crippen LogP contribution in [0, 0.1) is 0 Å². The van der Waals surface area contributed by atoms with Gasteiger partial charge >= 0.3 is 0 Å². The summed E-state index contributed by atoms with van der Waals surface area (Å²) in [4.78, 5) is -0.0741. The quantitative estimate of drug-likeness (QED) is 0.686. The van der Waals surface area contributed by atoms with Gasteiger partial charge in [0, 0.05) is 0 Å². The molecule has 1 aromatic rings. The summed E-state index contributed by atoms with van der Waals surface area (Å²) in [7, 11) is -3.50. The van der Waals surface area contributed by atoms with Crippen LogP contribution >= 0.6 is 0 Å². The van der Waals surface area contributed by atoms with Crippen molar-refractivity contribution in [3.8, 4) is 0 Å². The molecule has 0 fully saturated rings. The summed E-state index contributed by atoms with van der Waals surface area (Å²) < 4.78 is 38.7. The third-order valence-electron chi connectivity index (χ3n) is 1.04. The molecular weight excluding hydrogens is 183 g/mol. The Morgan fingerprint density at radius 3 is 1.83 bits per heavy atom. The average molecular weight is 192 g/mol. The number of alkyl halides is 1. The first kappa shape index (κ1) is 11.1. The molecule has 12 heavy (non-hydrogen) atoms. The van der Waals surface area contributed by atoms with Gasteiger partial charge in [0.2, 0.25) is 0 Å². The fourth-order valence-electron chi connectivity index (χ4n) is 0.592. The molecule has 3 nitrogen and oxygen atoms in total. The zero-order chi connectivity index (χ0) is 9.61. The Morgan fingerprint density at radius 2 is 1.58 bits per heavy atom. The Kier molecular flexibility index (Phi) is 4.46. The van der Waals surface area contributed by atoms with Crippen molar-refractivity contribution in [2.75, 3.05) is 7.18 Å². The van der Waals surface area contributed by atoms with Gasteiger partial charge in [-0.2, -0.15) is 8.42 Å². The van der Waals surface area contributed by atoms with Crippen molar-refractivity contribution >= 4 is 10.1 Å². The van der Waals surface area contributed by atoms with E-state index in [1.807, 2.05) is 0 Å². The van der Waals surface area contributed by atoms with Crippen LogP contribution in [0.3, 0.4) is 0 Å². The predicted molar refractivity (Wildman–Crippen MR) is 43.3 cm³/mol. The standard InChI is InChI=1S/C6H6O3S.CH3F/c7-10(8,9)6-4-2-1-3-5-6;1-2/h1-5H,(H,7,8,9);1H3. The Balaban J connectivity index is 0.000000561. The first-order valence-corrected chi connectivity index (χ1v) is 4.45. The van der Waals surface area contributed by atoms with Gasteiger partial charge < -0.3 is 0 Å². The minimum absolute atomic E-state index is 0.0741. The van der Waals surface area contributed by atoms with Gasteiger partial charge in [0.25, 0.3) is 10.1 Å². The minimum atomic E-state index is -4.00. The largest absolute Gasteiger partial charge is 0.294 e. The third-order valence-corrected chi connectivity index (χ3v) is 1.91. The lowest BCUT2D eigenvalue weighted by Gasteiger charge is -1.92. The molecule has 0 spiro atoms. The van der Waals surface area contributed by atoms with Crippen LogP contribution in [0.15, 0.2) is 35.2 Å². The van der Waals surface area contributed by atoms with Crippen molar-refractivity contribution in [2.45, 2.75) is 4.90 Å². The van der Waals surface area contributed by atoms with Crippen LogP contribution in [0.4, 0.5) is 4.39 Å². The van der Waals surface area contributed by atoms with E-state index in [0.29, 0.717) is 7.18 Å². The molecule has 1 N–H and O–H groups in total. The van der Waals surface area contributed by atoms with Crippen LogP contribution in [0.5, 0.6) is 0 Å². The summed E-state index contributed by atoms with van der Waals surface area (Å²) in [6.07, 6.45) is 0. The summed E-state index contributed by atoms with van der Waals surface area (Å²) >= 11 is 0. The molecule has 1 rings (SSSR count). The summed E-state index contributed by atoms with van der Waals surface area (Å²) in [5, 5.41) is 0. The van der Waals surface area contributed by atoms with E-state index in [9.17, 15) is 12.8 Å². The van der Waals surface area contributed by atoms with E-state index in [1.165, 1.54) is 12.1 Å². The van der Waals surface area contributed by atoms with Crippen LogP contribution in [-0.2, 0) is 10.1 Å². The smallest absolute Gasteiger partial charge is 0.282 e. The van der Waals surface area contributed by atoms with E-state index >= 15 is 0 Å². The zero-order valence-electron chi connectivity index (χ0n) is 6.44. The van der Waals surface area contributed by atoms with Crippen molar-refractivity contribution in [2.24, 2.45) is 0 Å². The predicted octanol–water partition coefficient (Wildman–Crippen LogP) is 1.52. The minimum Gasteiger partial charge on any atom is -0.282 e. The molecule has 0 aliphatic rings. The van der Waals surface area contributed by atoms with Crippen LogP contribution in [0.2, 0.25) is 0 Å². The molecule has 0 aliphatic carbocycles. The first-order chi connectivity index (χ1) is 5.61. The van der Waals surface area contributed by atoms with E-state index in [1.54, 1.807) is 18.2 Å². The topological polar surface area (TPSA) is 54.4 Å². The van der Waals surface area contributed by atoms with Crippen molar-refractivity contribution in [3.63, 3.8) is 0 Å². The van der Waals surface area contributed by atoms with Crippen molar-refractivity contribution in [1.29, 1.82) is 0 Å². The van der Waals surface area contributed by atoms with Gasteiger partial charge in [0.05, 0.1) is 12.1 Å². The molecule has 0 saturated heterocycles. The Labute approximate surface area is 70.6 Å². The van der Waals surface area contributed by atoms with Crippen molar-refractivity contribution < 1.29 is 17.4 Å². The highest BCUT2D eigenvalue weighted by Gasteiger charge is 2.05. The van der Waals surface area contributed by atoms with E-state index < -0.39 is 10.1 Å². The summed E-state index contributed by atoms with van der Waals surface area (Å²) in [6.45, 7) is 0. The van der Waals surface area contributed by atoms with Gasteiger partial charge in [-0.3, -0.25) is 8.94 Å². The van der Waals surface area contributed by atoms with Crippen LogP contribution in [-0.4, -0.2) is 20.1 Å². The highest BCUT2D eigenvalue weighted by Crippen LogP contribution is 2.05. The van der Waals surface area contributed by atoms with E-state index in [4.69, 9.17) is 4.55 Å². The molecule has 5 heteroatoms. The molecular formula is C7H9FO3S. The second-order valence-electron chi connectivity index (χ2n) is 1.79. The summed E-state index contributed by atoms with van der Waals surface area (Å²) in [5.41, 5.74) is 0. The zero-order valence-corrected chi connectivity index (χ0v) is 7.25. The molecule has 0 radical (unpaired) electrons. The number of benzene rings is 1. The van der Waals surface area contributed by atoms with Crippen molar-refractivity contribution in [3.05, 3.63) is 30.3 Å². The average Bonchev–Trinajstić information content (AvgIpc) is 2.08. The molecule has 0 atom stereocenters. The van der Waals surface area contributed by atoms with Crippen LogP contribution in [0.25, 0.3) is 0 Å². The Morgan fingerprint density at radius 1 is 1.17 bits per heavy atom. The SMILES string of the molecule is CF.O=S(=O)(O)c1ccccc1. The Bertz CT molecular complexity index is 307. The first-order valence-electron chi connectivity index (χ1n) is 3.01. The highest BCUT2D eigenvalue weighted by molar-refractivity contribution is 7.85. The maximum atomic E-state index is 10.4. The lowest BCUT2D eigenvalue weighted by atomic mass is 10.4. The van der Waals surface area contributed by atoms with Gasteiger partial charge in [0.1, 0.15) is 0 Å². The van der Waals surface area contributed by atoms with E-state index in [2.05, 4.69) is 0 Å². The van der Waals surface area contributed by atoms with Gasteiger partial charge in [-0.15, -0.1) is 0 Å². The second-order valence-corrected chi connectivity index (χ2v) is 3.21. The molecule has 0 aliphatic heterocycles. The number of rotatable bonds is 1. The van der Waals surface area contributed by atoms with E-state index in [-0.39, 0.29) is 4.90 Å². The molecule has 68 valence electrons. The third kappa shape index (κ3) is 3.45. The number of hydrogen-bond acceptors (Lipinski definition) is 2. The summed E-state index contributed by atoms with van der Waals surface area (Å²) in [6, 6.07) is 7.42. The molecule has 0 amide bonds. The van der Waals surface area contributed by atoms with Gasteiger partial charge in [-0.05, 0) is 12.1 Å². The second kappa shape index (κ2) is 4.84. The fourth-order valence-corrected chi connectivity index (χ4v) is 1.09. The molecule has 0 heterocycles. The summed E-state index contributed by atoms with van der Waals surface area (Å²) in [5.74, 6) is 0. The molecule has 0 saturated carbocycles. The highest BCUT2D eigenvalue weighted by atomic mass is 32.2. The monoisotopic (exact) mass is 192 g/mol. The molecule has 0 unspecified atom stereocenters. The molecule has 1 aromatic carbocycles. The van der Waals surface area contributed by atoms with Crippen LogP contribution in [0.1, 0.15) is 0 Å².